The van der Waals surface area contributed by atoms with E-state index in [9.17, 15) is 4.79 Å². The van der Waals surface area contributed by atoms with Gasteiger partial charge in [0.25, 0.3) is 5.91 Å². The molecule has 0 unspecified atom stereocenters. The van der Waals surface area contributed by atoms with Crippen molar-refractivity contribution in [1.29, 1.82) is 5.26 Å². The van der Waals surface area contributed by atoms with Crippen molar-refractivity contribution in [3.8, 4) is 6.07 Å². The standard InChI is InChI=1S/C13H17BrN4O2/c1-7-8(5-15)11(14)12(17-7)13(19)18-9-3-4-16-6-10(9)20-2/h9-10,16-17H,3-4,6H2,1-2H3,(H,18,19)/t9-,10+/m1/s1. The summed E-state index contributed by atoms with van der Waals surface area (Å²) in [4.78, 5) is 15.3. The van der Waals surface area contributed by atoms with Crippen LogP contribution in [0.2, 0.25) is 0 Å². The summed E-state index contributed by atoms with van der Waals surface area (Å²) in [5, 5.41) is 15.2. The first-order valence-corrected chi connectivity index (χ1v) is 7.20. The molecule has 1 aliphatic rings. The summed E-state index contributed by atoms with van der Waals surface area (Å²) in [6, 6.07) is 2.04. The summed E-state index contributed by atoms with van der Waals surface area (Å²) in [5.74, 6) is -0.226. The van der Waals surface area contributed by atoms with Crippen LogP contribution in [0.25, 0.3) is 0 Å². The van der Waals surface area contributed by atoms with E-state index in [0.29, 0.717) is 21.4 Å². The van der Waals surface area contributed by atoms with Crippen LogP contribution in [-0.2, 0) is 4.74 Å². The van der Waals surface area contributed by atoms with E-state index in [1.54, 1.807) is 14.0 Å². The third-order valence-electron chi connectivity index (χ3n) is 3.51. The van der Waals surface area contributed by atoms with E-state index in [1.807, 2.05) is 0 Å². The first kappa shape index (κ1) is 15.0. The van der Waals surface area contributed by atoms with Crippen molar-refractivity contribution in [1.82, 2.24) is 15.6 Å². The summed E-state index contributed by atoms with van der Waals surface area (Å²) < 4.78 is 5.88. The Balaban J connectivity index is 2.14. The molecule has 1 aromatic rings. The topological polar surface area (TPSA) is 89.9 Å². The largest absolute Gasteiger partial charge is 0.378 e. The Morgan fingerprint density at radius 3 is 2.95 bits per heavy atom. The zero-order valence-electron chi connectivity index (χ0n) is 11.4. The Bertz CT molecular complexity index is 549. The molecule has 0 radical (unpaired) electrons. The lowest BCUT2D eigenvalue weighted by atomic mass is 10.0. The van der Waals surface area contributed by atoms with Gasteiger partial charge >= 0.3 is 0 Å². The number of ether oxygens (including phenoxy) is 1. The molecule has 2 heterocycles. The van der Waals surface area contributed by atoms with Gasteiger partial charge in [-0.3, -0.25) is 4.79 Å². The second-order valence-corrected chi connectivity index (χ2v) is 5.57. The highest BCUT2D eigenvalue weighted by molar-refractivity contribution is 9.10. The van der Waals surface area contributed by atoms with Crippen molar-refractivity contribution >= 4 is 21.8 Å². The molecule has 1 saturated heterocycles. The maximum Gasteiger partial charge on any atom is 0.269 e. The fraction of sp³-hybridized carbons (Fsp3) is 0.538. The average Bonchev–Trinajstić information content (AvgIpc) is 2.74. The number of aryl methyl sites for hydroxylation is 1. The van der Waals surface area contributed by atoms with Crippen LogP contribution in [0.15, 0.2) is 4.47 Å². The monoisotopic (exact) mass is 340 g/mol. The number of carbonyl (C=O) groups is 1. The molecule has 7 heteroatoms. The predicted molar refractivity (Wildman–Crippen MR) is 77.5 cm³/mol. The molecule has 1 amide bonds. The SMILES string of the molecule is CO[C@H]1CNCC[C@H]1NC(=O)c1[nH]c(C)c(C#N)c1Br. The normalized spacial score (nSPS) is 22.3. The summed E-state index contributed by atoms with van der Waals surface area (Å²) >= 11 is 3.30. The summed E-state index contributed by atoms with van der Waals surface area (Å²) in [7, 11) is 1.64. The van der Waals surface area contributed by atoms with Crippen molar-refractivity contribution in [2.24, 2.45) is 0 Å². The first-order valence-electron chi connectivity index (χ1n) is 6.41. The predicted octanol–water partition coefficient (Wildman–Crippen LogP) is 1.06. The highest BCUT2D eigenvalue weighted by atomic mass is 79.9. The lowest BCUT2D eigenvalue weighted by Crippen LogP contribution is -2.53. The third-order valence-corrected chi connectivity index (χ3v) is 4.30. The maximum absolute atomic E-state index is 12.3. The summed E-state index contributed by atoms with van der Waals surface area (Å²) in [5.41, 5.74) is 1.52. The molecule has 0 bridgehead atoms. The number of rotatable bonds is 3. The van der Waals surface area contributed by atoms with Crippen molar-refractivity contribution < 1.29 is 9.53 Å². The van der Waals surface area contributed by atoms with E-state index >= 15 is 0 Å². The van der Waals surface area contributed by atoms with Crippen LogP contribution in [0.1, 0.15) is 28.2 Å². The van der Waals surface area contributed by atoms with E-state index < -0.39 is 0 Å². The Kier molecular flexibility index (Phi) is 4.81. The van der Waals surface area contributed by atoms with Gasteiger partial charge in [-0.2, -0.15) is 5.26 Å². The van der Waals surface area contributed by atoms with Gasteiger partial charge in [-0.25, -0.2) is 0 Å². The number of methoxy groups -OCH3 is 1. The van der Waals surface area contributed by atoms with Crippen molar-refractivity contribution in [2.45, 2.75) is 25.5 Å². The Hall–Kier alpha value is -1.36. The molecule has 0 saturated carbocycles. The molecule has 0 spiro atoms. The zero-order chi connectivity index (χ0) is 14.7. The molecule has 0 aromatic carbocycles. The molecule has 2 atom stereocenters. The van der Waals surface area contributed by atoms with Gasteiger partial charge in [0.15, 0.2) is 0 Å². The van der Waals surface area contributed by atoms with Gasteiger partial charge in [-0.1, -0.05) is 0 Å². The van der Waals surface area contributed by atoms with Crippen molar-refractivity contribution in [3.05, 3.63) is 21.4 Å². The Morgan fingerprint density at radius 1 is 1.60 bits per heavy atom. The lowest BCUT2D eigenvalue weighted by molar-refractivity contribution is 0.0475. The first-order chi connectivity index (χ1) is 9.58. The van der Waals surface area contributed by atoms with Gasteiger partial charge in [-0.15, -0.1) is 0 Å². The number of amides is 1. The highest BCUT2D eigenvalue weighted by Gasteiger charge is 2.28. The van der Waals surface area contributed by atoms with Gasteiger partial charge in [-0.05, 0) is 35.8 Å². The smallest absolute Gasteiger partial charge is 0.269 e. The molecule has 3 N–H and O–H groups in total. The summed E-state index contributed by atoms with van der Waals surface area (Å²) in [6.07, 6.45) is 0.769. The molecular formula is C13H17BrN4O2. The van der Waals surface area contributed by atoms with Gasteiger partial charge in [0, 0.05) is 19.3 Å². The molecular weight excluding hydrogens is 324 g/mol. The minimum Gasteiger partial charge on any atom is -0.378 e. The molecule has 20 heavy (non-hydrogen) atoms. The number of nitrogens with one attached hydrogen (secondary N) is 3. The number of aromatic nitrogens is 1. The minimum absolute atomic E-state index is 0.0326. The molecule has 2 rings (SSSR count). The fourth-order valence-electron chi connectivity index (χ4n) is 2.37. The number of aromatic amines is 1. The van der Waals surface area contributed by atoms with Crippen LogP contribution >= 0.6 is 15.9 Å². The third kappa shape index (κ3) is 2.87. The quantitative estimate of drug-likeness (QED) is 0.767. The van der Waals surface area contributed by atoms with Gasteiger partial charge in [0.05, 0.1) is 22.2 Å². The fourth-order valence-corrected chi connectivity index (χ4v) is 3.03. The number of hydrogen-bond acceptors (Lipinski definition) is 4. The van der Waals surface area contributed by atoms with E-state index in [-0.39, 0.29) is 18.1 Å². The molecule has 108 valence electrons. The number of halogens is 1. The number of hydrogen-bond donors (Lipinski definition) is 3. The zero-order valence-corrected chi connectivity index (χ0v) is 13.0. The average molecular weight is 341 g/mol. The van der Waals surface area contributed by atoms with Crippen LogP contribution in [0.5, 0.6) is 0 Å². The molecule has 1 aliphatic heterocycles. The number of H-pyrrole nitrogens is 1. The molecule has 1 fully saturated rings. The molecule has 1 aromatic heterocycles. The molecule has 6 nitrogen and oxygen atoms in total. The Labute approximate surface area is 126 Å². The molecule has 0 aliphatic carbocycles. The second kappa shape index (κ2) is 6.39. The van der Waals surface area contributed by atoms with E-state index in [0.717, 1.165) is 19.5 Å². The van der Waals surface area contributed by atoms with Crippen LogP contribution < -0.4 is 10.6 Å². The van der Waals surface area contributed by atoms with Crippen molar-refractivity contribution in [2.75, 3.05) is 20.2 Å². The van der Waals surface area contributed by atoms with E-state index in [2.05, 4.69) is 37.6 Å². The van der Waals surface area contributed by atoms with Gasteiger partial charge in [0.2, 0.25) is 0 Å². The number of nitrogens with zero attached hydrogens (tertiary/aromatic N) is 1. The van der Waals surface area contributed by atoms with E-state index in [4.69, 9.17) is 10.00 Å². The van der Waals surface area contributed by atoms with Crippen LogP contribution in [0.3, 0.4) is 0 Å². The maximum atomic E-state index is 12.3. The Morgan fingerprint density at radius 2 is 2.35 bits per heavy atom. The van der Waals surface area contributed by atoms with Crippen LogP contribution in [-0.4, -0.2) is 43.2 Å². The number of carbonyl (C=O) groups excluding carboxylic acids is 1. The van der Waals surface area contributed by atoms with Crippen LogP contribution in [0, 0.1) is 18.3 Å². The van der Waals surface area contributed by atoms with Gasteiger partial charge < -0.3 is 20.4 Å². The highest BCUT2D eigenvalue weighted by Crippen LogP contribution is 2.24. The minimum atomic E-state index is -0.226. The summed E-state index contributed by atoms with van der Waals surface area (Å²) in [6.45, 7) is 3.33. The lowest BCUT2D eigenvalue weighted by Gasteiger charge is -2.31. The van der Waals surface area contributed by atoms with E-state index in [1.165, 1.54) is 0 Å². The second-order valence-electron chi connectivity index (χ2n) is 4.77. The number of piperidine rings is 1. The van der Waals surface area contributed by atoms with Crippen LogP contribution in [0.4, 0.5) is 0 Å². The number of nitriles is 1. The van der Waals surface area contributed by atoms with Crippen molar-refractivity contribution in [3.63, 3.8) is 0 Å². The van der Waals surface area contributed by atoms with Gasteiger partial charge in [0.1, 0.15) is 11.8 Å².